The van der Waals surface area contributed by atoms with Gasteiger partial charge in [0.2, 0.25) is 0 Å². The first-order valence-corrected chi connectivity index (χ1v) is 14.4. The van der Waals surface area contributed by atoms with Crippen LogP contribution in [0.1, 0.15) is 51.4 Å². The molecular weight excluding hydrogens is 544 g/mol. The molecule has 10 N–H and O–H groups in total. The van der Waals surface area contributed by atoms with E-state index in [1.54, 1.807) is 0 Å². The second-order valence-electron chi connectivity index (χ2n) is 10.3. The van der Waals surface area contributed by atoms with Crippen LogP contribution in [-0.2, 0) is 33.3 Å². The number of amides is 2. The van der Waals surface area contributed by atoms with Crippen molar-refractivity contribution in [1.29, 1.82) is 0 Å². The monoisotopic (exact) mass is 594 g/mol. The SMILES string of the molecule is CO[C@@H]1OC(C(=O)NCCCCCCN)[C@@H](O[C@@H]2OC(C(=O)NCCCCCCN)[C@@H](OC)[C@H](O)C2O)[C@H](O)C1O. The van der Waals surface area contributed by atoms with Crippen molar-refractivity contribution < 1.29 is 53.7 Å². The summed E-state index contributed by atoms with van der Waals surface area (Å²) in [5.74, 6) is -1.24. The minimum atomic E-state index is -1.73. The standard InChI is InChI=1S/C26H50N4O11/c1-37-19-15(31)18(34)26(41-21(19)23(35)29-13-9-5-3-7-11-27)39-20-16(32)17(33)25(38-2)40-22(20)24(36)30-14-10-6-4-8-12-28/h15-22,25-26,31-34H,3-14,27-28H2,1-2H3,(H,29,35)(H,30,36)/t15-,16-,17?,18?,19+,20+,21?,22?,25-,26-/m1/s1. The number of rotatable bonds is 18. The van der Waals surface area contributed by atoms with Gasteiger partial charge in [0, 0.05) is 27.3 Å². The number of carbonyl (C=O) groups excluding carboxylic acids is 2. The Bertz CT molecular complexity index is 767. The first kappa shape index (κ1) is 35.7. The van der Waals surface area contributed by atoms with E-state index in [1.165, 1.54) is 14.2 Å². The summed E-state index contributed by atoms with van der Waals surface area (Å²) in [5.41, 5.74) is 11.0. The highest BCUT2D eigenvalue weighted by atomic mass is 16.7. The smallest absolute Gasteiger partial charge is 0.252 e. The van der Waals surface area contributed by atoms with Gasteiger partial charge in [-0.1, -0.05) is 25.7 Å². The Kier molecular flexibility index (Phi) is 16.5. The fraction of sp³-hybridized carbons (Fsp3) is 0.923. The molecule has 41 heavy (non-hydrogen) atoms. The molecule has 10 atom stereocenters. The van der Waals surface area contributed by atoms with Crippen LogP contribution in [0.15, 0.2) is 0 Å². The summed E-state index contributed by atoms with van der Waals surface area (Å²) in [4.78, 5) is 26.0. The summed E-state index contributed by atoms with van der Waals surface area (Å²) < 4.78 is 27.4. The molecule has 2 aliphatic heterocycles. The van der Waals surface area contributed by atoms with Gasteiger partial charge in [-0.3, -0.25) is 9.59 Å². The average Bonchev–Trinajstić information content (AvgIpc) is 2.97. The minimum absolute atomic E-state index is 0.317. The molecule has 2 fully saturated rings. The molecule has 2 heterocycles. The molecule has 4 unspecified atom stereocenters. The number of unbranched alkanes of at least 4 members (excludes halogenated alkanes) is 6. The van der Waals surface area contributed by atoms with Gasteiger partial charge in [-0.15, -0.1) is 0 Å². The number of carbonyl (C=O) groups is 2. The maximum absolute atomic E-state index is 13.1. The first-order valence-electron chi connectivity index (χ1n) is 14.4. The molecule has 2 saturated heterocycles. The fourth-order valence-corrected chi connectivity index (χ4v) is 4.84. The zero-order chi connectivity index (χ0) is 30.4. The van der Waals surface area contributed by atoms with E-state index in [-0.39, 0.29) is 0 Å². The highest BCUT2D eigenvalue weighted by Gasteiger charge is 2.53. The topological polar surface area (TPSA) is 237 Å². The number of nitrogens with one attached hydrogen (secondary N) is 2. The molecule has 2 amide bonds. The highest BCUT2D eigenvalue weighted by Crippen LogP contribution is 2.30. The van der Waals surface area contributed by atoms with E-state index in [1.807, 2.05) is 0 Å². The Labute approximate surface area is 241 Å². The molecule has 240 valence electrons. The van der Waals surface area contributed by atoms with Gasteiger partial charge in [-0.25, -0.2) is 0 Å². The molecule has 2 rings (SSSR count). The number of methoxy groups -OCH3 is 2. The van der Waals surface area contributed by atoms with Gasteiger partial charge in [0.1, 0.15) is 36.6 Å². The summed E-state index contributed by atoms with van der Waals surface area (Å²) in [6, 6.07) is 0. The number of aliphatic hydroxyl groups excluding tert-OH is 4. The van der Waals surface area contributed by atoms with Gasteiger partial charge in [0.15, 0.2) is 24.8 Å². The van der Waals surface area contributed by atoms with Crippen LogP contribution in [0, 0.1) is 0 Å². The van der Waals surface area contributed by atoms with Crippen LogP contribution in [0.2, 0.25) is 0 Å². The summed E-state index contributed by atoms with van der Waals surface area (Å²) in [5, 5.41) is 48.2. The van der Waals surface area contributed by atoms with Gasteiger partial charge >= 0.3 is 0 Å². The molecule has 0 aromatic heterocycles. The predicted molar refractivity (Wildman–Crippen MR) is 145 cm³/mol. The Morgan fingerprint density at radius 2 is 1.07 bits per heavy atom. The van der Waals surface area contributed by atoms with Crippen LogP contribution in [0.5, 0.6) is 0 Å². The van der Waals surface area contributed by atoms with Gasteiger partial charge in [-0.2, -0.15) is 0 Å². The molecule has 15 nitrogen and oxygen atoms in total. The summed E-state index contributed by atoms with van der Waals surface area (Å²) in [7, 11) is 2.50. The quantitative estimate of drug-likeness (QED) is 0.0749. The first-order chi connectivity index (χ1) is 19.7. The lowest BCUT2D eigenvalue weighted by Gasteiger charge is -2.46. The molecule has 2 aliphatic rings. The maximum Gasteiger partial charge on any atom is 0.252 e. The van der Waals surface area contributed by atoms with E-state index < -0.39 is 73.2 Å². The number of nitrogens with two attached hydrogens (primary N) is 2. The fourth-order valence-electron chi connectivity index (χ4n) is 4.84. The summed E-state index contributed by atoms with van der Waals surface area (Å²) in [6.07, 6.45) is -8.60. The zero-order valence-corrected chi connectivity index (χ0v) is 24.1. The minimum Gasteiger partial charge on any atom is -0.387 e. The predicted octanol–water partition coefficient (Wildman–Crippen LogP) is -2.80. The Hall–Kier alpha value is -1.50. The molecule has 0 aromatic carbocycles. The molecule has 0 aromatic rings. The lowest BCUT2D eigenvalue weighted by atomic mass is 9.95. The average molecular weight is 595 g/mol. The van der Waals surface area contributed by atoms with Crippen molar-refractivity contribution in [2.45, 2.75) is 113 Å². The van der Waals surface area contributed by atoms with E-state index in [0.29, 0.717) is 39.0 Å². The van der Waals surface area contributed by atoms with E-state index in [0.717, 1.165) is 38.5 Å². The van der Waals surface area contributed by atoms with Crippen LogP contribution in [0.4, 0.5) is 0 Å². The van der Waals surface area contributed by atoms with Gasteiger partial charge in [0.25, 0.3) is 11.8 Å². The lowest BCUT2D eigenvalue weighted by Crippen LogP contribution is -2.67. The molecule has 0 spiro atoms. The van der Waals surface area contributed by atoms with Crippen LogP contribution >= 0.6 is 0 Å². The van der Waals surface area contributed by atoms with Crippen molar-refractivity contribution in [2.75, 3.05) is 40.4 Å². The molecular formula is C26H50N4O11. The number of aliphatic hydroxyl groups is 4. The summed E-state index contributed by atoms with van der Waals surface area (Å²) >= 11 is 0. The van der Waals surface area contributed by atoms with Crippen molar-refractivity contribution >= 4 is 11.8 Å². The third-order valence-corrected chi connectivity index (χ3v) is 7.26. The molecule has 0 saturated carbocycles. The van der Waals surface area contributed by atoms with Crippen molar-refractivity contribution in [3.63, 3.8) is 0 Å². The van der Waals surface area contributed by atoms with E-state index >= 15 is 0 Å². The molecule has 15 heteroatoms. The largest absolute Gasteiger partial charge is 0.387 e. The van der Waals surface area contributed by atoms with Crippen molar-refractivity contribution in [2.24, 2.45) is 11.5 Å². The highest BCUT2D eigenvalue weighted by molar-refractivity contribution is 5.82. The Morgan fingerprint density at radius 3 is 1.56 bits per heavy atom. The van der Waals surface area contributed by atoms with Gasteiger partial charge in [0.05, 0.1) is 0 Å². The van der Waals surface area contributed by atoms with E-state index in [2.05, 4.69) is 10.6 Å². The maximum atomic E-state index is 13.1. The van der Waals surface area contributed by atoms with Crippen molar-refractivity contribution in [3.8, 4) is 0 Å². The third kappa shape index (κ3) is 10.3. The van der Waals surface area contributed by atoms with Gasteiger partial charge in [-0.05, 0) is 38.8 Å². The van der Waals surface area contributed by atoms with Gasteiger partial charge < -0.3 is 66.2 Å². The van der Waals surface area contributed by atoms with E-state index in [4.69, 9.17) is 35.2 Å². The van der Waals surface area contributed by atoms with Crippen LogP contribution in [-0.4, -0.2) is 134 Å². The number of hydrogen-bond acceptors (Lipinski definition) is 13. The third-order valence-electron chi connectivity index (χ3n) is 7.26. The normalized spacial score (nSPS) is 33.9. The molecule has 0 radical (unpaired) electrons. The van der Waals surface area contributed by atoms with Crippen LogP contribution in [0.3, 0.4) is 0 Å². The number of hydrogen-bond donors (Lipinski definition) is 8. The lowest BCUT2D eigenvalue weighted by molar-refractivity contribution is -0.346. The van der Waals surface area contributed by atoms with Crippen LogP contribution < -0.4 is 22.1 Å². The number of ether oxygens (including phenoxy) is 5. The molecule has 0 bridgehead atoms. The zero-order valence-electron chi connectivity index (χ0n) is 24.1. The molecule has 0 aliphatic carbocycles. The Balaban J connectivity index is 2.11. The second-order valence-corrected chi connectivity index (χ2v) is 10.3. The Morgan fingerprint density at radius 1 is 0.634 bits per heavy atom. The second kappa shape index (κ2) is 18.9. The summed E-state index contributed by atoms with van der Waals surface area (Å²) in [6.45, 7) is 1.85. The van der Waals surface area contributed by atoms with Crippen molar-refractivity contribution in [3.05, 3.63) is 0 Å². The van der Waals surface area contributed by atoms with Crippen LogP contribution in [0.25, 0.3) is 0 Å². The van der Waals surface area contributed by atoms with Crippen molar-refractivity contribution in [1.82, 2.24) is 10.6 Å². The van der Waals surface area contributed by atoms with E-state index in [9.17, 15) is 30.0 Å².